The van der Waals surface area contributed by atoms with Gasteiger partial charge in [-0.25, -0.2) is 0 Å². The predicted octanol–water partition coefficient (Wildman–Crippen LogP) is 2.07. The Morgan fingerprint density at radius 2 is 2.17 bits per heavy atom. The van der Waals surface area contributed by atoms with Gasteiger partial charge < -0.3 is 19.7 Å². The van der Waals surface area contributed by atoms with Gasteiger partial charge in [-0.05, 0) is 56.8 Å². The number of amides is 1. The van der Waals surface area contributed by atoms with Crippen LogP contribution >= 0.6 is 0 Å². The van der Waals surface area contributed by atoms with Crippen LogP contribution in [0, 0.1) is 0 Å². The monoisotopic (exact) mass is 412 g/mol. The lowest BCUT2D eigenvalue weighted by atomic mass is 9.91. The Morgan fingerprint density at radius 3 is 2.93 bits per heavy atom. The number of aromatic nitrogens is 2. The number of carbonyl (C=O) groups is 1. The zero-order valence-corrected chi connectivity index (χ0v) is 18.0. The fraction of sp³-hybridized carbons (Fsp3) is 0.565. The average molecular weight is 413 g/mol. The standard InChI is InChI=1S/C23H32N4O3/c1-3-27-21-8-7-18(24-10-9-17-5-4-6-19(15-17)29-2)16-20(21)22(25-27)23(28)26-11-13-30-14-12-26/h4-6,15,18,24H,3,7-14,16H2,1-2H3/t18-/m0/s1. The molecule has 2 aliphatic rings. The molecule has 0 spiro atoms. The van der Waals surface area contributed by atoms with Crippen molar-refractivity contribution in [1.29, 1.82) is 0 Å². The lowest BCUT2D eigenvalue weighted by Gasteiger charge is -2.28. The highest BCUT2D eigenvalue weighted by Gasteiger charge is 2.31. The lowest BCUT2D eigenvalue weighted by Crippen LogP contribution is -2.42. The van der Waals surface area contributed by atoms with Crippen molar-refractivity contribution in [1.82, 2.24) is 20.0 Å². The largest absolute Gasteiger partial charge is 0.497 e. The number of benzene rings is 1. The number of nitrogens with zero attached hydrogens (tertiary/aromatic N) is 3. The number of rotatable bonds is 7. The highest BCUT2D eigenvalue weighted by Crippen LogP contribution is 2.26. The first-order chi connectivity index (χ1) is 14.7. The van der Waals surface area contributed by atoms with Gasteiger partial charge >= 0.3 is 0 Å². The number of carbonyl (C=O) groups excluding carboxylic acids is 1. The fourth-order valence-corrected chi connectivity index (χ4v) is 4.46. The maximum absolute atomic E-state index is 13.1. The molecule has 1 saturated heterocycles. The number of hydrogen-bond acceptors (Lipinski definition) is 5. The van der Waals surface area contributed by atoms with E-state index in [2.05, 4.69) is 24.4 Å². The molecule has 7 heteroatoms. The molecule has 0 radical (unpaired) electrons. The van der Waals surface area contributed by atoms with Crippen molar-refractivity contribution in [2.45, 2.75) is 45.2 Å². The van der Waals surface area contributed by atoms with E-state index in [1.54, 1.807) is 7.11 Å². The van der Waals surface area contributed by atoms with Crippen molar-refractivity contribution in [3.63, 3.8) is 0 Å². The van der Waals surface area contributed by atoms with Crippen LogP contribution in [0.3, 0.4) is 0 Å². The van der Waals surface area contributed by atoms with Gasteiger partial charge in [-0.2, -0.15) is 5.10 Å². The number of fused-ring (bicyclic) bond motifs is 1. The Balaban J connectivity index is 1.41. The van der Waals surface area contributed by atoms with Crippen molar-refractivity contribution in [2.24, 2.45) is 0 Å². The molecule has 7 nitrogen and oxygen atoms in total. The van der Waals surface area contributed by atoms with Crippen molar-refractivity contribution in [2.75, 3.05) is 40.0 Å². The van der Waals surface area contributed by atoms with Crippen LogP contribution in [0.1, 0.15) is 40.7 Å². The minimum absolute atomic E-state index is 0.0544. The molecule has 0 unspecified atom stereocenters. The fourth-order valence-electron chi connectivity index (χ4n) is 4.46. The van der Waals surface area contributed by atoms with E-state index in [-0.39, 0.29) is 5.91 Å². The van der Waals surface area contributed by atoms with E-state index < -0.39 is 0 Å². The maximum Gasteiger partial charge on any atom is 0.274 e. The van der Waals surface area contributed by atoms with E-state index in [1.165, 1.54) is 11.3 Å². The molecule has 1 N–H and O–H groups in total. The molecule has 2 aromatic rings. The van der Waals surface area contributed by atoms with Gasteiger partial charge in [-0.15, -0.1) is 0 Å². The maximum atomic E-state index is 13.1. The van der Waals surface area contributed by atoms with E-state index in [4.69, 9.17) is 14.6 Å². The number of aryl methyl sites for hydroxylation is 1. The molecule has 1 fully saturated rings. The third-order valence-corrected chi connectivity index (χ3v) is 6.13. The van der Waals surface area contributed by atoms with Crippen molar-refractivity contribution < 1.29 is 14.3 Å². The summed E-state index contributed by atoms with van der Waals surface area (Å²) in [6.45, 7) is 6.31. The topological polar surface area (TPSA) is 68.6 Å². The molecular weight excluding hydrogens is 380 g/mol. The highest BCUT2D eigenvalue weighted by atomic mass is 16.5. The molecule has 1 aromatic heterocycles. The SMILES string of the molecule is CCn1nc(C(=O)N2CCOCC2)c2c1CC[C@H](NCCc1cccc(OC)c1)C2. The molecule has 1 amide bonds. The normalized spacial score (nSPS) is 18.9. The Morgan fingerprint density at radius 1 is 1.33 bits per heavy atom. The van der Waals surface area contributed by atoms with Gasteiger partial charge in [0.25, 0.3) is 5.91 Å². The molecule has 1 aliphatic carbocycles. The van der Waals surface area contributed by atoms with E-state index in [0.29, 0.717) is 38.0 Å². The van der Waals surface area contributed by atoms with E-state index in [0.717, 1.165) is 50.1 Å². The highest BCUT2D eigenvalue weighted by molar-refractivity contribution is 5.94. The minimum atomic E-state index is 0.0544. The molecule has 0 bridgehead atoms. The van der Waals surface area contributed by atoms with Gasteiger partial charge in [0, 0.05) is 36.9 Å². The second-order valence-electron chi connectivity index (χ2n) is 7.99. The van der Waals surface area contributed by atoms with Crippen LogP contribution < -0.4 is 10.1 Å². The number of nitrogens with one attached hydrogen (secondary N) is 1. The lowest BCUT2D eigenvalue weighted by molar-refractivity contribution is 0.0297. The quantitative estimate of drug-likeness (QED) is 0.754. The summed E-state index contributed by atoms with van der Waals surface area (Å²) in [5.74, 6) is 0.951. The molecule has 2 heterocycles. The zero-order chi connectivity index (χ0) is 20.9. The first kappa shape index (κ1) is 20.9. The van der Waals surface area contributed by atoms with Gasteiger partial charge in [0.05, 0.1) is 20.3 Å². The summed E-state index contributed by atoms with van der Waals surface area (Å²) in [6, 6.07) is 8.59. The van der Waals surface area contributed by atoms with Gasteiger partial charge in [0.1, 0.15) is 5.75 Å². The van der Waals surface area contributed by atoms with Crippen LogP contribution in [0.15, 0.2) is 24.3 Å². The van der Waals surface area contributed by atoms with Crippen molar-refractivity contribution in [3.8, 4) is 5.75 Å². The number of morpholine rings is 1. The smallest absolute Gasteiger partial charge is 0.274 e. The first-order valence-electron chi connectivity index (χ1n) is 11.0. The Kier molecular flexibility index (Phi) is 6.69. The van der Waals surface area contributed by atoms with E-state index in [1.807, 2.05) is 21.7 Å². The molecule has 30 heavy (non-hydrogen) atoms. The summed E-state index contributed by atoms with van der Waals surface area (Å²) in [5, 5.41) is 8.41. The molecule has 1 atom stereocenters. The first-order valence-corrected chi connectivity index (χ1v) is 11.0. The molecule has 4 rings (SSSR count). The van der Waals surface area contributed by atoms with E-state index >= 15 is 0 Å². The predicted molar refractivity (Wildman–Crippen MR) is 115 cm³/mol. The van der Waals surface area contributed by atoms with Crippen LogP contribution in [0.2, 0.25) is 0 Å². The van der Waals surface area contributed by atoms with Crippen LogP contribution in [-0.2, 0) is 30.5 Å². The third kappa shape index (κ3) is 4.52. The summed E-state index contributed by atoms with van der Waals surface area (Å²) >= 11 is 0. The van der Waals surface area contributed by atoms with Crippen LogP contribution in [-0.4, -0.2) is 66.6 Å². The van der Waals surface area contributed by atoms with Crippen molar-refractivity contribution in [3.05, 3.63) is 46.8 Å². The Bertz CT molecular complexity index is 873. The van der Waals surface area contributed by atoms with Gasteiger partial charge in [-0.1, -0.05) is 12.1 Å². The van der Waals surface area contributed by atoms with Gasteiger partial charge in [0.15, 0.2) is 5.69 Å². The van der Waals surface area contributed by atoms with Gasteiger partial charge in [0.2, 0.25) is 0 Å². The van der Waals surface area contributed by atoms with Crippen LogP contribution in [0.25, 0.3) is 0 Å². The summed E-state index contributed by atoms with van der Waals surface area (Å²) in [4.78, 5) is 15.0. The number of hydrogen-bond donors (Lipinski definition) is 1. The van der Waals surface area contributed by atoms with E-state index in [9.17, 15) is 4.79 Å². The third-order valence-electron chi connectivity index (χ3n) is 6.13. The summed E-state index contributed by atoms with van der Waals surface area (Å²) < 4.78 is 12.7. The Labute approximate surface area is 178 Å². The summed E-state index contributed by atoms with van der Waals surface area (Å²) in [6.07, 6.45) is 3.85. The second-order valence-corrected chi connectivity index (χ2v) is 7.99. The molecule has 1 aliphatic heterocycles. The second kappa shape index (κ2) is 9.62. The minimum Gasteiger partial charge on any atom is -0.497 e. The summed E-state index contributed by atoms with van der Waals surface area (Å²) in [5.41, 5.74) is 4.28. The Hall–Kier alpha value is -2.38. The molecular formula is C23H32N4O3. The molecule has 162 valence electrons. The summed E-state index contributed by atoms with van der Waals surface area (Å²) in [7, 11) is 1.70. The van der Waals surface area contributed by atoms with Crippen LogP contribution in [0.4, 0.5) is 0 Å². The number of ether oxygens (including phenoxy) is 2. The van der Waals surface area contributed by atoms with Crippen molar-refractivity contribution >= 4 is 5.91 Å². The number of methoxy groups -OCH3 is 1. The zero-order valence-electron chi connectivity index (χ0n) is 18.0. The molecule has 1 aromatic carbocycles. The van der Waals surface area contributed by atoms with Gasteiger partial charge in [-0.3, -0.25) is 9.48 Å². The van der Waals surface area contributed by atoms with Crippen LogP contribution in [0.5, 0.6) is 5.75 Å². The molecule has 0 saturated carbocycles. The average Bonchev–Trinajstić information content (AvgIpc) is 3.17.